The predicted octanol–water partition coefficient (Wildman–Crippen LogP) is 3.89. The summed E-state index contributed by atoms with van der Waals surface area (Å²) in [6.07, 6.45) is 9.75. The third kappa shape index (κ3) is 3.35. The smallest absolute Gasteiger partial charge is 0.128 e. The van der Waals surface area contributed by atoms with E-state index < -0.39 is 6.10 Å². The number of rotatable bonds is 6. The highest BCUT2D eigenvalue weighted by Crippen LogP contribution is 2.55. The van der Waals surface area contributed by atoms with Crippen molar-refractivity contribution in [3.05, 3.63) is 30.5 Å². The largest absolute Gasteiger partial charge is 0.490 e. The van der Waals surface area contributed by atoms with Crippen molar-refractivity contribution in [1.29, 1.82) is 0 Å². The van der Waals surface area contributed by atoms with Crippen LogP contribution in [0.15, 0.2) is 30.5 Å². The normalized spacial score (nSPS) is 33.2. The summed E-state index contributed by atoms with van der Waals surface area (Å²) >= 11 is 0. The van der Waals surface area contributed by atoms with Gasteiger partial charge in [0.1, 0.15) is 18.5 Å². The van der Waals surface area contributed by atoms with Crippen molar-refractivity contribution < 1.29 is 9.84 Å². The van der Waals surface area contributed by atoms with Gasteiger partial charge in [0.2, 0.25) is 0 Å². The monoisotopic (exact) mass is 376 g/mol. The number of aromatic nitrogens is 1. The Bertz CT molecular complexity index is 724. The molecule has 4 aliphatic carbocycles. The highest BCUT2D eigenvalue weighted by molar-refractivity contribution is 5.86. The van der Waals surface area contributed by atoms with E-state index in [2.05, 4.69) is 10.3 Å². The molecule has 0 amide bonds. The highest BCUT2D eigenvalue weighted by atomic mass is 35.5. The fourth-order valence-electron chi connectivity index (χ4n) is 6.09. The van der Waals surface area contributed by atoms with Crippen molar-refractivity contribution >= 4 is 23.3 Å². The Morgan fingerprint density at radius 3 is 2.50 bits per heavy atom. The molecule has 6 rings (SSSR count). The zero-order chi connectivity index (χ0) is 16.9. The maximum Gasteiger partial charge on any atom is 0.128 e. The van der Waals surface area contributed by atoms with Gasteiger partial charge in [-0.2, -0.15) is 0 Å². The van der Waals surface area contributed by atoms with Crippen LogP contribution in [0.2, 0.25) is 0 Å². The summed E-state index contributed by atoms with van der Waals surface area (Å²) < 4.78 is 5.90. The summed E-state index contributed by atoms with van der Waals surface area (Å²) in [6, 6.07) is 8.00. The van der Waals surface area contributed by atoms with Crippen LogP contribution in [0.25, 0.3) is 10.9 Å². The van der Waals surface area contributed by atoms with Crippen molar-refractivity contribution in [1.82, 2.24) is 10.3 Å². The van der Waals surface area contributed by atoms with Crippen molar-refractivity contribution in [3.8, 4) is 5.75 Å². The van der Waals surface area contributed by atoms with Crippen LogP contribution < -0.4 is 10.1 Å². The number of aliphatic hydroxyl groups excluding tert-OH is 1. The van der Waals surface area contributed by atoms with E-state index in [9.17, 15) is 5.11 Å². The molecule has 26 heavy (non-hydrogen) atoms. The number of hydrogen-bond donors (Lipinski definition) is 3. The maximum absolute atomic E-state index is 10.4. The van der Waals surface area contributed by atoms with Crippen LogP contribution in [0.3, 0.4) is 0 Å². The molecule has 4 bridgehead atoms. The molecule has 1 atom stereocenters. The van der Waals surface area contributed by atoms with Gasteiger partial charge in [0.15, 0.2) is 0 Å². The number of fused-ring (bicyclic) bond motifs is 1. The molecule has 4 fully saturated rings. The molecule has 1 aromatic carbocycles. The van der Waals surface area contributed by atoms with Gasteiger partial charge in [-0.05, 0) is 74.5 Å². The van der Waals surface area contributed by atoms with Gasteiger partial charge in [0.25, 0.3) is 0 Å². The first-order chi connectivity index (χ1) is 12.2. The quantitative estimate of drug-likeness (QED) is 0.716. The minimum absolute atomic E-state index is 0. The van der Waals surface area contributed by atoms with Gasteiger partial charge in [-0.3, -0.25) is 0 Å². The van der Waals surface area contributed by atoms with E-state index in [1.807, 2.05) is 30.5 Å². The van der Waals surface area contributed by atoms with Crippen molar-refractivity contribution in [2.75, 3.05) is 13.2 Å². The maximum atomic E-state index is 10.4. The molecular formula is C21H29ClN2O2. The minimum Gasteiger partial charge on any atom is -0.490 e. The molecule has 0 saturated heterocycles. The number of aromatic amines is 1. The van der Waals surface area contributed by atoms with Crippen molar-refractivity contribution in [2.45, 2.75) is 50.2 Å². The Kier molecular flexibility index (Phi) is 4.93. The zero-order valence-corrected chi connectivity index (χ0v) is 15.9. The van der Waals surface area contributed by atoms with Gasteiger partial charge in [-0.1, -0.05) is 6.07 Å². The van der Waals surface area contributed by atoms with Gasteiger partial charge >= 0.3 is 0 Å². The number of nitrogens with one attached hydrogen (secondary N) is 2. The number of ether oxygens (including phenoxy) is 1. The number of hydrogen-bond acceptors (Lipinski definition) is 3. The number of β-amino-alcohol motifs (C(OH)–C–C–N with tert-alkyl or cyclic N) is 1. The summed E-state index contributed by atoms with van der Waals surface area (Å²) in [4.78, 5) is 3.19. The third-order valence-corrected chi connectivity index (χ3v) is 6.74. The van der Waals surface area contributed by atoms with Crippen molar-refractivity contribution in [3.63, 3.8) is 0 Å². The Morgan fingerprint density at radius 1 is 1.12 bits per heavy atom. The third-order valence-electron chi connectivity index (χ3n) is 6.74. The molecule has 0 aliphatic heterocycles. The first kappa shape index (κ1) is 18.1. The average Bonchev–Trinajstić information content (AvgIpc) is 3.06. The van der Waals surface area contributed by atoms with Crippen LogP contribution in [0.4, 0.5) is 0 Å². The van der Waals surface area contributed by atoms with E-state index >= 15 is 0 Å². The van der Waals surface area contributed by atoms with E-state index in [0.29, 0.717) is 18.7 Å². The van der Waals surface area contributed by atoms with E-state index in [0.717, 1.165) is 34.4 Å². The van der Waals surface area contributed by atoms with Gasteiger partial charge in [-0.25, -0.2) is 0 Å². The molecule has 4 saturated carbocycles. The predicted molar refractivity (Wildman–Crippen MR) is 106 cm³/mol. The molecule has 1 aromatic heterocycles. The first-order valence-corrected chi connectivity index (χ1v) is 9.81. The van der Waals surface area contributed by atoms with Gasteiger partial charge in [-0.15, -0.1) is 12.4 Å². The van der Waals surface area contributed by atoms with Crippen LogP contribution in [0, 0.1) is 17.8 Å². The molecule has 4 aliphatic rings. The van der Waals surface area contributed by atoms with Gasteiger partial charge in [0.05, 0.1) is 0 Å². The van der Waals surface area contributed by atoms with Gasteiger partial charge in [0, 0.05) is 29.2 Å². The highest BCUT2D eigenvalue weighted by Gasteiger charge is 2.50. The minimum atomic E-state index is -0.470. The SMILES string of the molecule is Cl.O[C@@H](CNC12CC3CC(CC(C3)C1)C2)COc1cccc2[nH]ccc12. The Labute approximate surface area is 161 Å². The Morgan fingerprint density at radius 2 is 1.81 bits per heavy atom. The van der Waals surface area contributed by atoms with Crippen LogP contribution in [0.1, 0.15) is 38.5 Å². The van der Waals surface area contributed by atoms with E-state index in [4.69, 9.17) is 4.74 Å². The molecule has 0 radical (unpaired) electrons. The standard InChI is InChI=1S/C21H28N2O2.ClH/c24-17(13-25-20-3-1-2-19-18(20)4-5-22-19)12-23-21-9-14-6-15(10-21)8-16(7-14)11-21;/h1-5,14-17,22-24H,6-13H2;1H/t14?,15?,16?,17-,21?;/m0./s1. The van der Waals surface area contributed by atoms with Crippen LogP contribution in [-0.4, -0.2) is 34.9 Å². The summed E-state index contributed by atoms with van der Waals surface area (Å²) in [5.74, 6) is 3.63. The summed E-state index contributed by atoms with van der Waals surface area (Å²) in [5, 5.41) is 15.3. The Hall–Kier alpha value is -1.23. The fraction of sp³-hybridized carbons (Fsp3) is 0.619. The molecule has 142 valence electrons. The molecule has 4 nitrogen and oxygen atoms in total. The summed E-state index contributed by atoms with van der Waals surface area (Å²) in [7, 11) is 0. The molecule has 1 heterocycles. The lowest BCUT2D eigenvalue weighted by molar-refractivity contribution is -0.0266. The summed E-state index contributed by atoms with van der Waals surface area (Å²) in [5.41, 5.74) is 1.37. The van der Waals surface area contributed by atoms with Crippen LogP contribution in [0.5, 0.6) is 5.75 Å². The molecule has 2 aromatic rings. The molecule has 0 unspecified atom stereocenters. The fourth-order valence-corrected chi connectivity index (χ4v) is 6.09. The molecule has 0 spiro atoms. The second-order valence-electron chi connectivity index (χ2n) is 8.74. The lowest BCUT2D eigenvalue weighted by atomic mass is 9.53. The molecule has 5 heteroatoms. The second kappa shape index (κ2) is 7.06. The van der Waals surface area contributed by atoms with E-state index in [-0.39, 0.29) is 12.4 Å². The second-order valence-corrected chi connectivity index (χ2v) is 8.74. The Balaban J connectivity index is 0.00000168. The lowest BCUT2D eigenvalue weighted by Crippen LogP contribution is -2.59. The van der Waals surface area contributed by atoms with Gasteiger partial charge < -0.3 is 20.1 Å². The number of aliphatic hydroxyl groups is 1. The van der Waals surface area contributed by atoms with Crippen molar-refractivity contribution in [2.24, 2.45) is 17.8 Å². The topological polar surface area (TPSA) is 57.3 Å². The number of benzene rings is 1. The van der Waals surface area contributed by atoms with E-state index in [1.165, 1.54) is 38.5 Å². The molecule has 3 N–H and O–H groups in total. The molecular weight excluding hydrogens is 348 g/mol. The lowest BCUT2D eigenvalue weighted by Gasteiger charge is -2.57. The van der Waals surface area contributed by atoms with E-state index in [1.54, 1.807) is 0 Å². The number of H-pyrrole nitrogens is 1. The number of halogens is 1. The summed E-state index contributed by atoms with van der Waals surface area (Å²) in [6.45, 7) is 0.971. The average molecular weight is 377 g/mol. The van der Waals surface area contributed by atoms with Crippen LogP contribution >= 0.6 is 12.4 Å². The first-order valence-electron chi connectivity index (χ1n) is 9.81. The zero-order valence-electron chi connectivity index (χ0n) is 15.1. The van der Waals surface area contributed by atoms with Crippen LogP contribution in [-0.2, 0) is 0 Å².